The zero-order valence-electron chi connectivity index (χ0n) is 16.6. The molecule has 0 atom stereocenters. The third-order valence-electron chi connectivity index (χ3n) is 4.31. The van der Waals surface area contributed by atoms with Crippen LogP contribution in [-0.4, -0.2) is 41.1 Å². The molecule has 0 spiro atoms. The second kappa shape index (κ2) is 10.2. The smallest absolute Gasteiger partial charge is 0.266 e. The molecule has 29 heavy (non-hydrogen) atoms. The summed E-state index contributed by atoms with van der Waals surface area (Å²) in [7, 11) is 1.61. The predicted octanol–water partition coefficient (Wildman–Crippen LogP) is 5.40. The van der Waals surface area contributed by atoms with E-state index < -0.39 is 0 Å². The van der Waals surface area contributed by atoms with Crippen molar-refractivity contribution in [1.29, 1.82) is 0 Å². The maximum atomic E-state index is 12.4. The molecule has 0 saturated carbocycles. The molecule has 7 heteroatoms. The van der Waals surface area contributed by atoms with Crippen LogP contribution in [0.2, 0.25) is 0 Å². The molecule has 1 amide bonds. The predicted molar refractivity (Wildman–Crippen MR) is 126 cm³/mol. The second-order valence-corrected chi connectivity index (χ2v) is 9.19. The number of nitrogens with zero attached hydrogens (tertiary/aromatic N) is 1. The van der Waals surface area contributed by atoms with E-state index in [1.807, 2.05) is 31.2 Å². The Kier molecular flexibility index (Phi) is 7.64. The molecule has 0 N–H and O–H groups in total. The van der Waals surface area contributed by atoms with Crippen LogP contribution in [0.3, 0.4) is 0 Å². The number of ether oxygens (including phenoxy) is 2. The summed E-state index contributed by atoms with van der Waals surface area (Å²) < 4.78 is 12.0. The minimum atomic E-state index is -0.0464. The van der Waals surface area contributed by atoms with Gasteiger partial charge in [-0.2, -0.15) is 0 Å². The van der Waals surface area contributed by atoms with Crippen molar-refractivity contribution in [3.05, 3.63) is 58.5 Å². The molecular weight excluding hydrogens is 422 g/mol. The van der Waals surface area contributed by atoms with Crippen LogP contribution in [0.1, 0.15) is 18.1 Å². The first-order valence-corrected chi connectivity index (χ1v) is 11.5. The standard InChI is InChI=1S/C22H23NO3S3/c1-4-23-21(24)20(29-22(23)27)14-16-7-10-18(19(13-16)25-3)26-11-12-28-17-8-5-15(2)6-9-17/h5-10,13-14H,4,11-12H2,1-3H3/b20-14+. The first-order valence-electron chi connectivity index (χ1n) is 9.27. The molecule has 2 aromatic carbocycles. The molecule has 1 aliphatic rings. The summed E-state index contributed by atoms with van der Waals surface area (Å²) in [5, 5.41) is 0. The molecule has 1 saturated heterocycles. The van der Waals surface area contributed by atoms with Gasteiger partial charge in [0.25, 0.3) is 5.91 Å². The second-order valence-electron chi connectivity index (χ2n) is 6.35. The molecule has 1 fully saturated rings. The number of benzene rings is 2. The molecular formula is C22H23NO3S3. The van der Waals surface area contributed by atoms with Crippen LogP contribution < -0.4 is 9.47 Å². The lowest BCUT2D eigenvalue weighted by Crippen LogP contribution is -2.27. The van der Waals surface area contributed by atoms with E-state index in [0.717, 1.165) is 11.3 Å². The number of aryl methyl sites for hydroxylation is 1. The summed E-state index contributed by atoms with van der Waals surface area (Å²) in [4.78, 5) is 15.8. The Balaban J connectivity index is 1.61. The first-order chi connectivity index (χ1) is 14.0. The monoisotopic (exact) mass is 445 g/mol. The van der Waals surface area contributed by atoms with Crippen molar-refractivity contribution in [2.75, 3.05) is 26.0 Å². The van der Waals surface area contributed by atoms with Crippen LogP contribution in [0.25, 0.3) is 6.08 Å². The number of thiocarbonyl (C=S) groups is 1. The third kappa shape index (κ3) is 5.56. The van der Waals surface area contributed by atoms with E-state index in [9.17, 15) is 4.79 Å². The van der Waals surface area contributed by atoms with Gasteiger partial charge in [-0.25, -0.2) is 0 Å². The molecule has 0 aliphatic carbocycles. The van der Waals surface area contributed by atoms with Crippen molar-refractivity contribution in [2.45, 2.75) is 18.7 Å². The van der Waals surface area contributed by atoms with Crippen LogP contribution in [0, 0.1) is 6.92 Å². The lowest BCUT2D eigenvalue weighted by molar-refractivity contribution is -0.121. The van der Waals surface area contributed by atoms with E-state index in [4.69, 9.17) is 21.7 Å². The minimum Gasteiger partial charge on any atom is -0.493 e. The average Bonchev–Trinajstić information content (AvgIpc) is 2.99. The summed E-state index contributed by atoms with van der Waals surface area (Å²) in [5.74, 6) is 2.13. The van der Waals surface area contributed by atoms with Gasteiger partial charge >= 0.3 is 0 Å². The number of hydrogen-bond acceptors (Lipinski definition) is 6. The van der Waals surface area contributed by atoms with Crippen molar-refractivity contribution in [3.63, 3.8) is 0 Å². The van der Waals surface area contributed by atoms with Crippen LogP contribution in [0.5, 0.6) is 11.5 Å². The van der Waals surface area contributed by atoms with E-state index in [-0.39, 0.29) is 5.91 Å². The fourth-order valence-electron chi connectivity index (χ4n) is 2.76. The molecule has 152 valence electrons. The molecule has 4 nitrogen and oxygen atoms in total. The quantitative estimate of drug-likeness (QED) is 0.235. The average molecular weight is 446 g/mol. The van der Waals surface area contributed by atoms with Crippen molar-refractivity contribution in [2.24, 2.45) is 0 Å². The summed E-state index contributed by atoms with van der Waals surface area (Å²) in [5.41, 5.74) is 2.13. The summed E-state index contributed by atoms with van der Waals surface area (Å²) in [6.07, 6.45) is 1.84. The van der Waals surface area contributed by atoms with Crippen LogP contribution in [-0.2, 0) is 4.79 Å². The molecule has 0 unspecified atom stereocenters. The third-order valence-corrected chi connectivity index (χ3v) is 6.66. The topological polar surface area (TPSA) is 38.8 Å². The zero-order valence-corrected chi connectivity index (χ0v) is 19.1. The SMILES string of the molecule is CCN1C(=O)/C(=C\c2ccc(OCCSc3ccc(C)cc3)c(OC)c2)SC1=S. The van der Waals surface area contributed by atoms with Gasteiger partial charge in [0.15, 0.2) is 11.5 Å². The van der Waals surface area contributed by atoms with E-state index in [0.29, 0.717) is 33.9 Å². The highest BCUT2D eigenvalue weighted by Gasteiger charge is 2.30. The number of hydrogen-bond donors (Lipinski definition) is 0. The summed E-state index contributed by atoms with van der Waals surface area (Å²) in [6, 6.07) is 14.1. The number of methoxy groups -OCH3 is 1. The minimum absolute atomic E-state index is 0.0464. The van der Waals surface area contributed by atoms with Crippen molar-refractivity contribution < 1.29 is 14.3 Å². The highest BCUT2D eigenvalue weighted by Crippen LogP contribution is 2.34. The Morgan fingerprint density at radius 3 is 2.59 bits per heavy atom. The van der Waals surface area contributed by atoms with Gasteiger partial charge in [-0.3, -0.25) is 9.69 Å². The zero-order chi connectivity index (χ0) is 20.8. The number of thioether (sulfide) groups is 2. The highest BCUT2D eigenvalue weighted by molar-refractivity contribution is 8.26. The molecule has 0 aromatic heterocycles. The molecule has 0 radical (unpaired) electrons. The van der Waals surface area contributed by atoms with E-state index in [2.05, 4.69) is 31.2 Å². The normalized spacial score (nSPS) is 15.3. The van der Waals surface area contributed by atoms with Gasteiger partial charge in [0.2, 0.25) is 0 Å². The number of rotatable bonds is 8. The summed E-state index contributed by atoms with van der Waals surface area (Å²) >= 11 is 8.35. The molecule has 1 heterocycles. The largest absolute Gasteiger partial charge is 0.493 e. The van der Waals surface area contributed by atoms with E-state index in [1.54, 1.807) is 23.8 Å². The maximum Gasteiger partial charge on any atom is 0.266 e. The molecule has 2 aromatic rings. The van der Waals surface area contributed by atoms with Crippen molar-refractivity contribution >= 4 is 52.0 Å². The number of carbonyl (C=O) groups excluding carboxylic acids is 1. The van der Waals surface area contributed by atoms with Gasteiger partial charge in [-0.05, 0) is 49.8 Å². The Morgan fingerprint density at radius 2 is 1.93 bits per heavy atom. The Morgan fingerprint density at radius 1 is 1.17 bits per heavy atom. The first kappa shape index (κ1) is 21.7. The van der Waals surface area contributed by atoms with Crippen LogP contribution in [0.15, 0.2) is 52.3 Å². The Labute approximate surface area is 185 Å². The molecule has 3 rings (SSSR count). The van der Waals surface area contributed by atoms with E-state index in [1.165, 1.54) is 22.2 Å². The Hall–Kier alpha value is -1.96. The molecule has 0 bridgehead atoms. The van der Waals surface area contributed by atoms with Crippen LogP contribution >= 0.6 is 35.7 Å². The lowest BCUT2D eigenvalue weighted by Gasteiger charge is -2.12. The number of likely N-dealkylation sites (N-methyl/N-ethyl adjacent to an activating group) is 1. The highest BCUT2D eigenvalue weighted by atomic mass is 32.2. The van der Waals surface area contributed by atoms with Gasteiger partial charge < -0.3 is 9.47 Å². The van der Waals surface area contributed by atoms with Crippen molar-refractivity contribution in [1.82, 2.24) is 4.90 Å². The van der Waals surface area contributed by atoms with Crippen molar-refractivity contribution in [3.8, 4) is 11.5 Å². The fourth-order valence-corrected chi connectivity index (χ4v) is 4.88. The molecule has 1 aliphatic heterocycles. The summed E-state index contributed by atoms with van der Waals surface area (Å²) in [6.45, 7) is 5.15. The number of amides is 1. The van der Waals surface area contributed by atoms with Gasteiger partial charge in [-0.15, -0.1) is 11.8 Å². The maximum absolute atomic E-state index is 12.4. The number of carbonyl (C=O) groups is 1. The fraction of sp³-hybridized carbons (Fsp3) is 0.273. The van der Waals surface area contributed by atoms with Gasteiger partial charge in [0, 0.05) is 17.2 Å². The van der Waals surface area contributed by atoms with Gasteiger partial charge in [0.05, 0.1) is 18.6 Å². The van der Waals surface area contributed by atoms with Gasteiger partial charge in [-0.1, -0.05) is 47.7 Å². The van der Waals surface area contributed by atoms with Gasteiger partial charge in [0.1, 0.15) is 4.32 Å². The van der Waals surface area contributed by atoms with Crippen LogP contribution in [0.4, 0.5) is 0 Å². The lowest BCUT2D eigenvalue weighted by atomic mass is 10.2. The van der Waals surface area contributed by atoms with E-state index >= 15 is 0 Å². The Bertz CT molecular complexity index is 925.